The largest absolute Gasteiger partial charge is 0.507 e. The van der Waals surface area contributed by atoms with E-state index in [9.17, 15) is 20.1 Å². The molecule has 2 aromatic carbocycles. The van der Waals surface area contributed by atoms with Crippen LogP contribution in [0.3, 0.4) is 0 Å². The fourth-order valence-corrected chi connectivity index (χ4v) is 4.92. The van der Waals surface area contributed by atoms with Crippen molar-refractivity contribution in [2.75, 3.05) is 0 Å². The van der Waals surface area contributed by atoms with E-state index in [1.807, 2.05) is 26.0 Å². The molecule has 6 nitrogen and oxygen atoms in total. The number of phenols is 3. The number of aryl methyl sites for hydroxylation is 1. The zero-order chi connectivity index (χ0) is 26.2. The summed E-state index contributed by atoms with van der Waals surface area (Å²) in [5.41, 5.74) is 3.91. The zero-order valence-electron chi connectivity index (χ0n) is 21.8. The van der Waals surface area contributed by atoms with E-state index in [1.54, 1.807) is 6.07 Å². The van der Waals surface area contributed by atoms with Gasteiger partial charge in [-0.3, -0.25) is 4.79 Å². The van der Waals surface area contributed by atoms with Gasteiger partial charge < -0.3 is 24.8 Å². The molecule has 6 heteroatoms. The number of benzene rings is 2. The average Bonchev–Trinajstić information content (AvgIpc) is 2.78. The maximum atomic E-state index is 13.1. The number of carbonyl (C=O) groups is 1. The van der Waals surface area contributed by atoms with Gasteiger partial charge in [0.15, 0.2) is 17.3 Å². The van der Waals surface area contributed by atoms with Crippen molar-refractivity contribution in [3.8, 4) is 28.7 Å². The molecule has 0 aromatic heterocycles. The van der Waals surface area contributed by atoms with Crippen molar-refractivity contribution in [1.29, 1.82) is 0 Å². The Bertz CT molecular complexity index is 1250. The van der Waals surface area contributed by atoms with E-state index < -0.39 is 6.10 Å². The van der Waals surface area contributed by atoms with E-state index in [2.05, 4.69) is 26.8 Å². The van der Waals surface area contributed by atoms with Gasteiger partial charge in [-0.05, 0) is 90.0 Å². The number of aromatic hydroxyl groups is 3. The number of Topliss-reactive ketones (excluding diaryl/α,β-unsaturated/α-hetero) is 1. The van der Waals surface area contributed by atoms with Gasteiger partial charge in [-0.2, -0.15) is 0 Å². The molecule has 2 heterocycles. The van der Waals surface area contributed by atoms with E-state index in [-0.39, 0.29) is 46.4 Å². The lowest BCUT2D eigenvalue weighted by molar-refractivity contribution is 0.0535. The molecular formula is C30H36O6. The van der Waals surface area contributed by atoms with Crippen LogP contribution in [0.25, 0.3) is 0 Å². The van der Waals surface area contributed by atoms with E-state index in [0.29, 0.717) is 23.3 Å². The number of rotatable bonds is 6. The van der Waals surface area contributed by atoms with Gasteiger partial charge >= 0.3 is 0 Å². The molecule has 0 saturated carbocycles. The van der Waals surface area contributed by atoms with Gasteiger partial charge in [0.2, 0.25) is 0 Å². The molecule has 2 aliphatic heterocycles. The summed E-state index contributed by atoms with van der Waals surface area (Å²) in [7, 11) is 0. The topological polar surface area (TPSA) is 96.2 Å². The monoisotopic (exact) mass is 492 g/mol. The third kappa shape index (κ3) is 5.23. The number of allylic oxidation sites excluding steroid dienone is 4. The van der Waals surface area contributed by atoms with Crippen molar-refractivity contribution in [3.63, 3.8) is 0 Å². The van der Waals surface area contributed by atoms with Gasteiger partial charge in [0, 0.05) is 11.6 Å². The molecule has 4 rings (SSSR count). The fourth-order valence-electron chi connectivity index (χ4n) is 4.92. The third-order valence-electron chi connectivity index (χ3n) is 7.02. The summed E-state index contributed by atoms with van der Waals surface area (Å²) in [4.78, 5) is 13.1. The Kier molecular flexibility index (Phi) is 7.07. The summed E-state index contributed by atoms with van der Waals surface area (Å²) in [5, 5.41) is 32.1. The highest BCUT2D eigenvalue weighted by Crippen LogP contribution is 2.47. The second kappa shape index (κ2) is 9.92. The van der Waals surface area contributed by atoms with Crippen LogP contribution in [0.5, 0.6) is 28.7 Å². The lowest BCUT2D eigenvalue weighted by Gasteiger charge is -2.36. The van der Waals surface area contributed by atoms with Crippen LogP contribution in [0.1, 0.15) is 93.5 Å². The Labute approximate surface area is 212 Å². The van der Waals surface area contributed by atoms with Crippen LogP contribution in [-0.2, 0) is 12.8 Å². The number of ether oxygens (including phenoxy) is 2. The van der Waals surface area contributed by atoms with Crippen LogP contribution in [0.4, 0.5) is 0 Å². The minimum Gasteiger partial charge on any atom is -0.507 e. The predicted octanol–water partition coefficient (Wildman–Crippen LogP) is 6.85. The molecule has 2 aromatic rings. The summed E-state index contributed by atoms with van der Waals surface area (Å²) >= 11 is 0. The maximum absolute atomic E-state index is 13.1. The molecule has 2 atom stereocenters. The van der Waals surface area contributed by atoms with Crippen molar-refractivity contribution in [2.24, 2.45) is 0 Å². The first-order chi connectivity index (χ1) is 17.0. The molecule has 0 saturated heterocycles. The van der Waals surface area contributed by atoms with E-state index >= 15 is 0 Å². The van der Waals surface area contributed by atoms with Crippen LogP contribution >= 0.6 is 0 Å². The molecule has 0 fully saturated rings. The van der Waals surface area contributed by atoms with Crippen LogP contribution < -0.4 is 9.47 Å². The lowest BCUT2D eigenvalue weighted by Crippen LogP contribution is -2.36. The van der Waals surface area contributed by atoms with E-state index in [4.69, 9.17) is 9.47 Å². The maximum Gasteiger partial charge on any atom is 0.174 e. The second-order valence-electron chi connectivity index (χ2n) is 10.7. The van der Waals surface area contributed by atoms with Crippen LogP contribution in [0.2, 0.25) is 0 Å². The molecule has 3 N–H and O–H groups in total. The van der Waals surface area contributed by atoms with Crippen LogP contribution in [0, 0.1) is 0 Å². The molecule has 0 radical (unpaired) electrons. The number of fused-ring (bicyclic) bond motifs is 2. The van der Waals surface area contributed by atoms with Gasteiger partial charge in [0.25, 0.3) is 0 Å². The molecular weight excluding hydrogens is 456 g/mol. The van der Waals surface area contributed by atoms with Crippen molar-refractivity contribution >= 4 is 5.78 Å². The smallest absolute Gasteiger partial charge is 0.174 e. The van der Waals surface area contributed by atoms with Crippen LogP contribution in [0.15, 0.2) is 41.5 Å². The first-order valence-electron chi connectivity index (χ1n) is 12.6. The normalized spacial score (nSPS) is 20.5. The third-order valence-corrected chi connectivity index (χ3v) is 7.02. The molecule has 0 aliphatic carbocycles. The Morgan fingerprint density at radius 2 is 1.78 bits per heavy atom. The number of phenolic OH excluding ortho intramolecular Hbond substituents is 3. The van der Waals surface area contributed by atoms with Gasteiger partial charge in [-0.25, -0.2) is 0 Å². The Balaban J connectivity index is 1.59. The molecule has 0 amide bonds. The van der Waals surface area contributed by atoms with Crippen molar-refractivity contribution < 1.29 is 29.6 Å². The van der Waals surface area contributed by atoms with E-state index in [0.717, 1.165) is 36.8 Å². The van der Waals surface area contributed by atoms with Gasteiger partial charge in [-0.15, -0.1) is 0 Å². The molecule has 192 valence electrons. The Morgan fingerprint density at radius 1 is 1.06 bits per heavy atom. The Hall–Kier alpha value is -3.41. The number of hydrogen-bond acceptors (Lipinski definition) is 6. The number of ketones is 1. The van der Waals surface area contributed by atoms with Gasteiger partial charge in [0.05, 0.1) is 6.42 Å². The van der Waals surface area contributed by atoms with Crippen molar-refractivity contribution in [3.05, 3.63) is 63.8 Å². The van der Waals surface area contributed by atoms with Gasteiger partial charge in [0.1, 0.15) is 34.5 Å². The number of carbonyl (C=O) groups excluding carboxylic acids is 1. The summed E-state index contributed by atoms with van der Waals surface area (Å²) in [6, 6.07) is 4.91. The highest BCUT2D eigenvalue weighted by Gasteiger charge is 2.36. The average molecular weight is 493 g/mol. The Morgan fingerprint density at radius 3 is 2.47 bits per heavy atom. The molecule has 36 heavy (non-hydrogen) atoms. The molecule has 0 unspecified atom stereocenters. The zero-order valence-corrected chi connectivity index (χ0v) is 21.8. The fraction of sp³-hybridized carbons (Fsp3) is 0.433. The first kappa shape index (κ1) is 25.7. The highest BCUT2D eigenvalue weighted by molar-refractivity contribution is 6.03. The molecule has 2 aliphatic rings. The summed E-state index contributed by atoms with van der Waals surface area (Å²) in [6.45, 7) is 10.1. The first-order valence-corrected chi connectivity index (χ1v) is 12.6. The van der Waals surface area contributed by atoms with Crippen molar-refractivity contribution in [2.45, 2.75) is 84.8 Å². The molecule has 0 spiro atoms. The summed E-state index contributed by atoms with van der Waals surface area (Å²) in [6.07, 6.45) is 7.11. The highest BCUT2D eigenvalue weighted by atomic mass is 16.5. The van der Waals surface area contributed by atoms with E-state index in [1.165, 1.54) is 11.6 Å². The standard InChI is InChI=1S/C30H36O6/c1-17(2)7-6-11-30(5)12-10-19-13-20(14-24(33)29(19)36-30)25-16-23(32)27-26(35-25)15-22(31)21(28(27)34)9-8-18(3)4/h7-8,13-15,25,31,33-34H,6,9-12,16H2,1-5H3/t25-,30+/m0/s1. The van der Waals surface area contributed by atoms with Crippen LogP contribution in [-0.4, -0.2) is 26.7 Å². The SMILES string of the molecule is CC(C)=CCC[C@]1(C)CCc2cc([C@@H]3CC(=O)c4c(cc(O)c(CC=C(C)C)c4O)O3)cc(O)c2O1. The summed E-state index contributed by atoms with van der Waals surface area (Å²) in [5.74, 6) is 0.0445. The minimum atomic E-state index is -0.644. The lowest BCUT2D eigenvalue weighted by atomic mass is 9.86. The van der Waals surface area contributed by atoms with Gasteiger partial charge in [-0.1, -0.05) is 23.3 Å². The molecule has 0 bridgehead atoms. The second-order valence-corrected chi connectivity index (χ2v) is 10.7. The minimum absolute atomic E-state index is 0.0208. The summed E-state index contributed by atoms with van der Waals surface area (Å²) < 4.78 is 12.4. The number of hydrogen-bond donors (Lipinski definition) is 3. The quantitative estimate of drug-likeness (QED) is 0.382. The van der Waals surface area contributed by atoms with Crippen molar-refractivity contribution in [1.82, 2.24) is 0 Å². The predicted molar refractivity (Wildman–Crippen MR) is 139 cm³/mol.